The summed E-state index contributed by atoms with van der Waals surface area (Å²) in [6, 6.07) is 56.5. The van der Waals surface area contributed by atoms with Crippen LogP contribution in [0.15, 0.2) is 162 Å². The zero-order chi connectivity index (χ0) is 29.5. The van der Waals surface area contributed by atoms with Gasteiger partial charge in [-0.15, -0.1) is 0 Å². The lowest BCUT2D eigenvalue weighted by Crippen LogP contribution is -1.99. The van der Waals surface area contributed by atoms with E-state index < -0.39 is 0 Å². The molecule has 45 heavy (non-hydrogen) atoms. The first-order valence-corrected chi connectivity index (χ1v) is 15.4. The maximum Gasteiger partial charge on any atom is 0.137 e. The van der Waals surface area contributed by atoms with Gasteiger partial charge in [-0.3, -0.25) is 0 Å². The predicted molar refractivity (Wildman–Crippen MR) is 188 cm³/mol. The van der Waals surface area contributed by atoms with Crippen molar-refractivity contribution in [1.29, 1.82) is 0 Å². The predicted octanol–water partition coefficient (Wildman–Crippen LogP) is 11.4. The number of aromatic nitrogens is 2. The SMILES string of the molecule is c1ccc(-c2cccc(-n3c4ccccc4c4ccc5c6ccccc6n(-c6cccc7oc8ccccc8c67)c5c43)c2)cc1. The molecule has 0 unspecified atom stereocenters. The van der Waals surface area contributed by atoms with Gasteiger partial charge >= 0.3 is 0 Å². The molecule has 0 aliphatic heterocycles. The summed E-state index contributed by atoms with van der Waals surface area (Å²) < 4.78 is 11.3. The molecule has 0 N–H and O–H groups in total. The quantitative estimate of drug-likeness (QED) is 0.206. The molecule has 3 heterocycles. The van der Waals surface area contributed by atoms with Gasteiger partial charge in [0.2, 0.25) is 0 Å². The molecule has 210 valence electrons. The van der Waals surface area contributed by atoms with Crippen molar-refractivity contribution in [2.24, 2.45) is 0 Å². The van der Waals surface area contributed by atoms with Crippen LogP contribution >= 0.6 is 0 Å². The maximum atomic E-state index is 6.38. The van der Waals surface area contributed by atoms with Gasteiger partial charge in [0.25, 0.3) is 0 Å². The lowest BCUT2D eigenvalue weighted by molar-refractivity contribution is 0.669. The van der Waals surface area contributed by atoms with E-state index in [1.54, 1.807) is 0 Å². The van der Waals surface area contributed by atoms with Gasteiger partial charge in [0, 0.05) is 32.6 Å². The van der Waals surface area contributed by atoms with Gasteiger partial charge in [-0.1, -0.05) is 115 Å². The molecule has 3 heteroatoms. The van der Waals surface area contributed by atoms with Crippen molar-refractivity contribution < 1.29 is 4.42 Å². The standard InChI is InChI=1S/C42H26N2O/c1-2-12-27(13-3-1)28-14-10-15-29(26-28)43-35-19-7-4-16-30(35)32-24-25-33-31-17-5-8-20-36(31)44(42(33)41(32)43)37-21-11-23-39-40(37)34-18-6-9-22-38(34)45-39/h1-26H. The van der Waals surface area contributed by atoms with Crippen LogP contribution in [0.4, 0.5) is 0 Å². The van der Waals surface area contributed by atoms with Gasteiger partial charge in [-0.25, -0.2) is 0 Å². The first kappa shape index (κ1) is 24.4. The molecule has 0 spiro atoms. The van der Waals surface area contributed by atoms with Gasteiger partial charge < -0.3 is 13.6 Å². The molecule has 0 atom stereocenters. The highest BCUT2D eigenvalue weighted by Gasteiger charge is 2.23. The summed E-state index contributed by atoms with van der Waals surface area (Å²) in [6.45, 7) is 0. The molecule has 0 aliphatic rings. The van der Waals surface area contributed by atoms with Crippen LogP contribution in [-0.2, 0) is 0 Å². The summed E-state index contributed by atoms with van der Waals surface area (Å²) in [6.07, 6.45) is 0. The highest BCUT2D eigenvalue weighted by Crippen LogP contribution is 2.44. The third-order valence-electron chi connectivity index (χ3n) is 9.30. The molecule has 3 nitrogen and oxygen atoms in total. The van der Waals surface area contributed by atoms with Crippen LogP contribution in [0, 0.1) is 0 Å². The van der Waals surface area contributed by atoms with Crippen LogP contribution in [-0.4, -0.2) is 9.13 Å². The van der Waals surface area contributed by atoms with Crippen LogP contribution in [0.25, 0.3) is 88.1 Å². The number of benzene rings is 7. The molecule has 0 bridgehead atoms. The second-order valence-corrected chi connectivity index (χ2v) is 11.7. The summed E-state index contributed by atoms with van der Waals surface area (Å²) in [4.78, 5) is 0. The Morgan fingerprint density at radius 2 is 0.956 bits per heavy atom. The molecule has 0 aliphatic carbocycles. The van der Waals surface area contributed by atoms with Crippen molar-refractivity contribution in [2.75, 3.05) is 0 Å². The largest absolute Gasteiger partial charge is 0.456 e. The Bertz CT molecular complexity index is 2760. The molecule has 0 radical (unpaired) electrons. The first-order chi connectivity index (χ1) is 22.3. The second-order valence-electron chi connectivity index (χ2n) is 11.7. The minimum atomic E-state index is 0.892. The van der Waals surface area contributed by atoms with Gasteiger partial charge in [0.15, 0.2) is 0 Å². The number of fused-ring (bicyclic) bond motifs is 10. The van der Waals surface area contributed by atoms with E-state index >= 15 is 0 Å². The molecule has 0 saturated carbocycles. The molecule has 10 aromatic rings. The Balaban J connectivity index is 1.41. The van der Waals surface area contributed by atoms with E-state index in [1.165, 1.54) is 54.7 Å². The zero-order valence-corrected chi connectivity index (χ0v) is 24.3. The summed E-state index contributed by atoms with van der Waals surface area (Å²) in [5.74, 6) is 0. The van der Waals surface area contributed by atoms with Crippen LogP contribution in [0.2, 0.25) is 0 Å². The maximum absolute atomic E-state index is 6.38. The Labute approximate surface area is 258 Å². The average Bonchev–Trinajstić information content (AvgIpc) is 3.76. The molecule has 10 rings (SSSR count). The Kier molecular flexibility index (Phi) is 5.00. The zero-order valence-electron chi connectivity index (χ0n) is 24.3. The third-order valence-corrected chi connectivity index (χ3v) is 9.30. The van der Waals surface area contributed by atoms with Gasteiger partial charge in [-0.05, 0) is 53.6 Å². The summed E-state index contributed by atoms with van der Waals surface area (Å²) >= 11 is 0. The van der Waals surface area contributed by atoms with E-state index in [2.05, 4.69) is 161 Å². The minimum absolute atomic E-state index is 0.892. The fourth-order valence-electron chi connectivity index (χ4n) is 7.42. The second kappa shape index (κ2) is 9.22. The molecular formula is C42H26N2O. The smallest absolute Gasteiger partial charge is 0.137 e. The van der Waals surface area contributed by atoms with Crippen molar-refractivity contribution >= 4 is 65.6 Å². The van der Waals surface area contributed by atoms with Crippen LogP contribution in [0.5, 0.6) is 0 Å². The highest BCUT2D eigenvalue weighted by atomic mass is 16.3. The molecular weight excluding hydrogens is 548 g/mol. The van der Waals surface area contributed by atoms with Crippen molar-refractivity contribution in [2.45, 2.75) is 0 Å². The average molecular weight is 575 g/mol. The van der Waals surface area contributed by atoms with E-state index in [1.807, 2.05) is 6.07 Å². The van der Waals surface area contributed by atoms with Crippen molar-refractivity contribution in [3.05, 3.63) is 158 Å². The van der Waals surface area contributed by atoms with Crippen LogP contribution in [0.1, 0.15) is 0 Å². The Morgan fingerprint density at radius 1 is 0.378 bits per heavy atom. The Hall–Kier alpha value is -6.06. The molecule has 0 fully saturated rings. The van der Waals surface area contributed by atoms with E-state index in [0.717, 1.165) is 33.3 Å². The fraction of sp³-hybridized carbons (Fsp3) is 0. The number of rotatable bonds is 3. The molecule has 7 aromatic carbocycles. The monoisotopic (exact) mass is 574 g/mol. The fourth-order valence-corrected chi connectivity index (χ4v) is 7.42. The number of hydrogen-bond acceptors (Lipinski definition) is 1. The first-order valence-electron chi connectivity index (χ1n) is 15.4. The number of hydrogen-bond donors (Lipinski definition) is 0. The van der Waals surface area contributed by atoms with E-state index in [4.69, 9.17) is 4.42 Å². The highest BCUT2D eigenvalue weighted by molar-refractivity contribution is 6.24. The lowest BCUT2D eigenvalue weighted by atomic mass is 10.1. The normalized spacial score (nSPS) is 12.0. The van der Waals surface area contributed by atoms with Gasteiger partial charge in [0.05, 0.1) is 33.1 Å². The van der Waals surface area contributed by atoms with Gasteiger partial charge in [-0.2, -0.15) is 0 Å². The minimum Gasteiger partial charge on any atom is -0.456 e. The molecule has 0 amide bonds. The molecule has 3 aromatic heterocycles. The summed E-state index contributed by atoms with van der Waals surface area (Å²) in [5.41, 5.74) is 11.2. The van der Waals surface area contributed by atoms with Crippen LogP contribution in [0.3, 0.4) is 0 Å². The number of furan rings is 1. The van der Waals surface area contributed by atoms with E-state index in [-0.39, 0.29) is 0 Å². The summed E-state index contributed by atoms with van der Waals surface area (Å²) in [5, 5.41) is 7.18. The van der Waals surface area contributed by atoms with Crippen LogP contribution < -0.4 is 0 Å². The van der Waals surface area contributed by atoms with E-state index in [0.29, 0.717) is 0 Å². The topological polar surface area (TPSA) is 23.0 Å². The van der Waals surface area contributed by atoms with Gasteiger partial charge in [0.1, 0.15) is 11.2 Å². The Morgan fingerprint density at radius 3 is 1.73 bits per heavy atom. The number of para-hydroxylation sites is 3. The number of nitrogens with zero attached hydrogens (tertiary/aromatic N) is 2. The molecule has 0 saturated heterocycles. The van der Waals surface area contributed by atoms with Crippen molar-refractivity contribution in [3.8, 4) is 22.5 Å². The summed E-state index contributed by atoms with van der Waals surface area (Å²) in [7, 11) is 0. The third kappa shape index (κ3) is 3.41. The lowest BCUT2D eigenvalue weighted by Gasteiger charge is -2.14. The van der Waals surface area contributed by atoms with Crippen molar-refractivity contribution in [3.63, 3.8) is 0 Å². The van der Waals surface area contributed by atoms with E-state index in [9.17, 15) is 0 Å². The van der Waals surface area contributed by atoms with Crippen molar-refractivity contribution in [1.82, 2.24) is 9.13 Å².